The summed E-state index contributed by atoms with van der Waals surface area (Å²) in [6.45, 7) is -0.711. The SMILES string of the molecule is O=C(NCCCC[C@@H](NC(=O)OCC(=O)c1ccccc1)C(=O)O)OCC(=O)c1ccccc1. The van der Waals surface area contributed by atoms with Gasteiger partial charge in [0.1, 0.15) is 6.04 Å². The summed E-state index contributed by atoms with van der Waals surface area (Å²) >= 11 is 0. The first-order valence-electron chi connectivity index (χ1n) is 10.6. The molecule has 0 unspecified atom stereocenters. The van der Waals surface area contributed by atoms with Crippen LogP contribution in [0.2, 0.25) is 0 Å². The van der Waals surface area contributed by atoms with E-state index in [1.54, 1.807) is 60.7 Å². The van der Waals surface area contributed by atoms with Crippen molar-refractivity contribution in [2.45, 2.75) is 25.3 Å². The van der Waals surface area contributed by atoms with Crippen LogP contribution >= 0.6 is 0 Å². The highest BCUT2D eigenvalue weighted by atomic mass is 16.6. The largest absolute Gasteiger partial charge is 0.480 e. The Morgan fingerprint density at radius 3 is 1.74 bits per heavy atom. The molecule has 0 aromatic heterocycles. The molecule has 0 heterocycles. The van der Waals surface area contributed by atoms with Crippen LogP contribution < -0.4 is 10.6 Å². The van der Waals surface area contributed by atoms with Crippen molar-refractivity contribution in [3.05, 3.63) is 71.8 Å². The van der Waals surface area contributed by atoms with Gasteiger partial charge in [-0.25, -0.2) is 14.4 Å². The minimum Gasteiger partial charge on any atom is -0.480 e. The number of nitrogens with one attached hydrogen (secondary N) is 2. The molecule has 10 nitrogen and oxygen atoms in total. The van der Waals surface area contributed by atoms with Crippen LogP contribution in [0.15, 0.2) is 60.7 Å². The number of carbonyl (C=O) groups excluding carboxylic acids is 4. The zero-order chi connectivity index (χ0) is 24.8. The van der Waals surface area contributed by atoms with E-state index in [0.29, 0.717) is 24.0 Å². The molecule has 2 rings (SSSR count). The molecular formula is C24H26N2O8. The van der Waals surface area contributed by atoms with E-state index in [1.807, 2.05) is 0 Å². The molecule has 2 amide bonds. The topological polar surface area (TPSA) is 148 Å². The number of aliphatic carboxylic acids is 1. The van der Waals surface area contributed by atoms with E-state index in [9.17, 15) is 29.1 Å². The van der Waals surface area contributed by atoms with Gasteiger partial charge in [-0.15, -0.1) is 0 Å². The lowest BCUT2D eigenvalue weighted by atomic mass is 10.1. The number of carbonyl (C=O) groups is 5. The van der Waals surface area contributed by atoms with Crippen molar-refractivity contribution in [1.29, 1.82) is 0 Å². The monoisotopic (exact) mass is 470 g/mol. The number of benzene rings is 2. The van der Waals surface area contributed by atoms with E-state index < -0.39 is 43.2 Å². The van der Waals surface area contributed by atoms with Crippen LogP contribution in [-0.2, 0) is 14.3 Å². The van der Waals surface area contributed by atoms with Gasteiger partial charge >= 0.3 is 18.2 Å². The van der Waals surface area contributed by atoms with Gasteiger partial charge in [0.25, 0.3) is 0 Å². The number of ketones is 2. The van der Waals surface area contributed by atoms with Gasteiger partial charge in [0, 0.05) is 17.7 Å². The molecule has 1 atom stereocenters. The van der Waals surface area contributed by atoms with Crippen molar-refractivity contribution in [3.8, 4) is 0 Å². The summed E-state index contributed by atoms with van der Waals surface area (Å²) in [5.74, 6) is -1.99. The van der Waals surface area contributed by atoms with Crippen molar-refractivity contribution in [1.82, 2.24) is 10.6 Å². The van der Waals surface area contributed by atoms with Gasteiger partial charge in [-0.3, -0.25) is 9.59 Å². The number of carboxylic acids is 1. The molecule has 2 aromatic rings. The first-order chi connectivity index (χ1) is 16.4. The Labute approximate surface area is 196 Å². The minimum atomic E-state index is -1.25. The summed E-state index contributed by atoms with van der Waals surface area (Å²) in [4.78, 5) is 58.7. The van der Waals surface area contributed by atoms with E-state index in [1.165, 1.54) is 0 Å². The number of Topliss-reactive ketones (excluding diaryl/α,β-unsaturated/α-hetero) is 2. The quantitative estimate of drug-likeness (QED) is 0.299. The van der Waals surface area contributed by atoms with E-state index in [0.717, 1.165) is 0 Å². The Kier molecular flexibility index (Phi) is 10.8. The summed E-state index contributed by atoms with van der Waals surface area (Å²) in [6, 6.07) is 15.4. The molecule has 34 heavy (non-hydrogen) atoms. The fourth-order valence-corrected chi connectivity index (χ4v) is 2.83. The summed E-state index contributed by atoms with van der Waals surface area (Å²) in [6.07, 6.45) is -0.913. The molecule has 10 heteroatoms. The number of alkyl carbamates (subject to hydrolysis) is 2. The zero-order valence-electron chi connectivity index (χ0n) is 18.4. The first-order valence-corrected chi connectivity index (χ1v) is 10.6. The summed E-state index contributed by atoms with van der Waals surface area (Å²) in [7, 11) is 0. The number of hydrogen-bond donors (Lipinski definition) is 3. The van der Waals surface area contributed by atoms with E-state index >= 15 is 0 Å². The number of unbranched alkanes of at least 4 members (excludes halogenated alkanes) is 1. The lowest BCUT2D eigenvalue weighted by Gasteiger charge is -2.14. The molecular weight excluding hydrogens is 444 g/mol. The maximum absolute atomic E-state index is 11.9. The Morgan fingerprint density at radius 2 is 1.24 bits per heavy atom. The van der Waals surface area contributed by atoms with Gasteiger partial charge in [-0.1, -0.05) is 60.7 Å². The maximum atomic E-state index is 11.9. The number of hydrogen-bond acceptors (Lipinski definition) is 7. The molecule has 180 valence electrons. The van der Waals surface area contributed by atoms with Gasteiger partial charge in [0.15, 0.2) is 24.8 Å². The number of ether oxygens (including phenoxy) is 2. The average molecular weight is 470 g/mol. The van der Waals surface area contributed by atoms with Crippen LogP contribution in [0.1, 0.15) is 40.0 Å². The molecule has 0 bridgehead atoms. The van der Waals surface area contributed by atoms with Gasteiger partial charge in [-0.05, 0) is 19.3 Å². The zero-order valence-corrected chi connectivity index (χ0v) is 18.4. The standard InChI is InChI=1S/C24H26N2O8/c27-20(17-9-3-1-4-10-17)15-33-23(31)25-14-8-7-13-19(22(29)30)26-24(32)34-16-21(28)18-11-5-2-6-12-18/h1-6,9-12,19H,7-8,13-16H2,(H,25,31)(H,26,32)(H,29,30)/t19-/m1/s1. The smallest absolute Gasteiger partial charge is 0.408 e. The molecule has 0 fully saturated rings. The normalized spacial score (nSPS) is 11.1. The average Bonchev–Trinajstić information content (AvgIpc) is 2.85. The Hall–Kier alpha value is -4.21. The van der Waals surface area contributed by atoms with Gasteiger partial charge < -0.3 is 25.2 Å². The Morgan fingerprint density at radius 1 is 0.735 bits per heavy atom. The molecule has 0 radical (unpaired) electrons. The minimum absolute atomic E-state index is 0.0836. The van der Waals surface area contributed by atoms with Crippen LogP contribution in [0.5, 0.6) is 0 Å². The summed E-state index contributed by atoms with van der Waals surface area (Å²) in [5, 5.41) is 14.0. The molecule has 0 saturated carbocycles. The number of amides is 2. The predicted molar refractivity (Wildman–Crippen MR) is 121 cm³/mol. The molecule has 0 spiro atoms. The fourth-order valence-electron chi connectivity index (χ4n) is 2.83. The molecule has 0 aliphatic rings. The summed E-state index contributed by atoms with van der Waals surface area (Å²) in [5.41, 5.74) is 0.811. The van der Waals surface area contributed by atoms with E-state index in [-0.39, 0.29) is 18.7 Å². The van der Waals surface area contributed by atoms with Gasteiger partial charge in [0.05, 0.1) is 0 Å². The van der Waals surface area contributed by atoms with Crippen molar-refractivity contribution in [3.63, 3.8) is 0 Å². The summed E-state index contributed by atoms with van der Waals surface area (Å²) < 4.78 is 9.67. The lowest BCUT2D eigenvalue weighted by Crippen LogP contribution is -2.41. The fraction of sp³-hybridized carbons (Fsp3) is 0.292. The van der Waals surface area contributed by atoms with Crippen molar-refractivity contribution in [2.24, 2.45) is 0 Å². The second-order valence-electron chi connectivity index (χ2n) is 7.19. The van der Waals surface area contributed by atoms with Gasteiger partial charge in [-0.2, -0.15) is 0 Å². The van der Waals surface area contributed by atoms with Gasteiger partial charge in [0.2, 0.25) is 0 Å². The molecule has 0 aliphatic carbocycles. The molecule has 0 saturated heterocycles. The second kappa shape index (κ2) is 14.0. The third-order valence-corrected chi connectivity index (χ3v) is 4.64. The third-order valence-electron chi connectivity index (χ3n) is 4.64. The van der Waals surface area contributed by atoms with Crippen LogP contribution in [0.4, 0.5) is 9.59 Å². The van der Waals surface area contributed by atoms with E-state index in [4.69, 9.17) is 9.47 Å². The van der Waals surface area contributed by atoms with Crippen molar-refractivity contribution in [2.75, 3.05) is 19.8 Å². The number of rotatable bonds is 13. The van der Waals surface area contributed by atoms with Crippen molar-refractivity contribution < 1.29 is 38.6 Å². The predicted octanol–water partition coefficient (Wildman–Crippen LogP) is 2.83. The van der Waals surface area contributed by atoms with Crippen LogP contribution in [0.25, 0.3) is 0 Å². The molecule has 0 aliphatic heterocycles. The third kappa shape index (κ3) is 9.51. The second-order valence-corrected chi connectivity index (χ2v) is 7.19. The molecule has 2 aromatic carbocycles. The van der Waals surface area contributed by atoms with Crippen LogP contribution in [0.3, 0.4) is 0 Å². The van der Waals surface area contributed by atoms with Crippen LogP contribution in [-0.4, -0.2) is 60.6 Å². The maximum Gasteiger partial charge on any atom is 0.408 e. The Balaban J connectivity index is 1.61. The lowest BCUT2D eigenvalue weighted by molar-refractivity contribution is -0.139. The number of carboxylic acid groups (broad SMARTS) is 1. The van der Waals surface area contributed by atoms with Crippen molar-refractivity contribution >= 4 is 29.7 Å². The highest BCUT2D eigenvalue weighted by molar-refractivity contribution is 5.98. The van der Waals surface area contributed by atoms with Crippen LogP contribution in [0, 0.1) is 0 Å². The highest BCUT2D eigenvalue weighted by Gasteiger charge is 2.21. The first kappa shape index (κ1) is 26.0. The molecule has 3 N–H and O–H groups in total. The Bertz CT molecular complexity index is 979. The van der Waals surface area contributed by atoms with E-state index in [2.05, 4.69) is 10.6 Å². The highest BCUT2D eigenvalue weighted by Crippen LogP contribution is 2.04.